The van der Waals surface area contributed by atoms with Crippen molar-refractivity contribution in [2.45, 2.75) is 84.3 Å². The number of fused-ring (bicyclic) bond motifs is 5. The molecule has 0 amide bonds. The molecular weight excluding hydrogens is 300 g/mol. The van der Waals surface area contributed by atoms with Gasteiger partial charge in [-0.25, -0.2) is 0 Å². The lowest BCUT2D eigenvalue weighted by Gasteiger charge is -2.61. The van der Waals surface area contributed by atoms with E-state index < -0.39 is 0 Å². The third kappa shape index (κ3) is 2.06. The van der Waals surface area contributed by atoms with E-state index in [4.69, 9.17) is 0 Å². The molecule has 0 saturated heterocycles. The zero-order valence-corrected chi connectivity index (χ0v) is 15.5. The van der Waals surface area contributed by atoms with E-state index in [1.807, 2.05) is 0 Å². The molecule has 3 nitrogen and oxygen atoms in total. The topological polar surface area (TPSA) is 57.5 Å². The largest absolute Gasteiger partial charge is 0.393 e. The summed E-state index contributed by atoms with van der Waals surface area (Å²) in [6.45, 7) is 6.75. The SMILES string of the molecule is CC[C@@H]1C2C(=O)C[C@H]3[C@@H]4CC[C@H](O)[C@@]4(C)CC[C@@H]3[C@@]2(C)CC[C@H]1O. The van der Waals surface area contributed by atoms with E-state index in [1.165, 1.54) is 0 Å². The van der Waals surface area contributed by atoms with Crippen LogP contribution in [0.5, 0.6) is 0 Å². The van der Waals surface area contributed by atoms with E-state index in [1.54, 1.807) is 0 Å². The minimum Gasteiger partial charge on any atom is -0.393 e. The van der Waals surface area contributed by atoms with Crippen molar-refractivity contribution >= 4 is 5.78 Å². The summed E-state index contributed by atoms with van der Waals surface area (Å²) in [6, 6.07) is 0. The Balaban J connectivity index is 1.70. The van der Waals surface area contributed by atoms with Gasteiger partial charge in [0, 0.05) is 12.3 Å². The van der Waals surface area contributed by atoms with Crippen molar-refractivity contribution < 1.29 is 15.0 Å². The standard InChI is InChI=1S/C21H34O3/c1-4-12-16(22)8-10-21(3)15-7-9-20(2)14(5-6-18(20)24)13(15)11-17(23)19(12)21/h12-16,18-19,22,24H,4-11H2,1-3H3/t12-,13-,14-,15-,16+,18-,19?,20-,21+/m0/s1. The molecule has 0 aromatic heterocycles. The van der Waals surface area contributed by atoms with Gasteiger partial charge in [0.1, 0.15) is 5.78 Å². The molecule has 4 aliphatic rings. The first-order chi connectivity index (χ1) is 11.3. The van der Waals surface area contributed by atoms with Crippen LogP contribution in [0.15, 0.2) is 0 Å². The molecule has 4 rings (SSSR count). The summed E-state index contributed by atoms with van der Waals surface area (Å²) in [4.78, 5) is 13.2. The Morgan fingerprint density at radius 3 is 2.38 bits per heavy atom. The Kier molecular flexibility index (Phi) is 3.93. The highest BCUT2D eigenvalue weighted by Crippen LogP contribution is 2.66. The first-order valence-corrected chi connectivity index (χ1v) is 10.2. The number of rotatable bonds is 1. The lowest BCUT2D eigenvalue weighted by atomic mass is 9.43. The normalized spacial score (nSPS) is 57.2. The molecule has 2 N–H and O–H groups in total. The average molecular weight is 335 g/mol. The maximum atomic E-state index is 13.2. The molecule has 0 spiro atoms. The Bertz CT molecular complexity index is 531. The number of aliphatic hydroxyl groups is 2. The Morgan fingerprint density at radius 1 is 1.00 bits per heavy atom. The lowest BCUT2D eigenvalue weighted by Crippen LogP contribution is -2.60. The first-order valence-electron chi connectivity index (χ1n) is 10.2. The fourth-order valence-corrected chi connectivity index (χ4v) is 7.79. The summed E-state index contributed by atoms with van der Waals surface area (Å²) in [5, 5.41) is 21.0. The van der Waals surface area contributed by atoms with E-state index >= 15 is 0 Å². The van der Waals surface area contributed by atoms with Crippen molar-refractivity contribution in [3.05, 3.63) is 0 Å². The molecule has 4 saturated carbocycles. The van der Waals surface area contributed by atoms with E-state index in [2.05, 4.69) is 20.8 Å². The molecule has 3 heteroatoms. The van der Waals surface area contributed by atoms with Crippen LogP contribution in [-0.2, 0) is 4.79 Å². The summed E-state index contributed by atoms with van der Waals surface area (Å²) in [5.41, 5.74) is 0.0950. The summed E-state index contributed by atoms with van der Waals surface area (Å²) in [5.74, 6) is 2.20. The highest BCUT2D eigenvalue weighted by molar-refractivity contribution is 5.83. The zero-order chi connectivity index (χ0) is 17.3. The van der Waals surface area contributed by atoms with Crippen LogP contribution in [0, 0.1) is 40.4 Å². The molecule has 136 valence electrons. The number of Topliss-reactive ketones (excluding diaryl/α,β-unsaturated/α-hetero) is 1. The van der Waals surface area contributed by atoms with Gasteiger partial charge in [-0.1, -0.05) is 27.2 Å². The minimum absolute atomic E-state index is 0.0307. The number of carbonyl (C=O) groups excluding carboxylic acids is 1. The zero-order valence-electron chi connectivity index (χ0n) is 15.5. The Morgan fingerprint density at radius 2 is 1.67 bits per heavy atom. The molecule has 4 aliphatic carbocycles. The summed E-state index contributed by atoms with van der Waals surface area (Å²) in [7, 11) is 0. The van der Waals surface area contributed by atoms with Gasteiger partial charge < -0.3 is 10.2 Å². The van der Waals surface area contributed by atoms with E-state index in [9.17, 15) is 15.0 Å². The summed E-state index contributed by atoms with van der Waals surface area (Å²) in [6.07, 6.45) is 7.24. The van der Waals surface area contributed by atoms with Crippen LogP contribution in [0.3, 0.4) is 0 Å². The van der Waals surface area contributed by atoms with Crippen LogP contribution >= 0.6 is 0 Å². The van der Waals surface area contributed by atoms with Gasteiger partial charge in [0.15, 0.2) is 0 Å². The van der Waals surface area contributed by atoms with Crippen molar-refractivity contribution in [1.82, 2.24) is 0 Å². The fourth-order valence-electron chi connectivity index (χ4n) is 7.79. The molecule has 0 radical (unpaired) electrons. The summed E-state index contributed by atoms with van der Waals surface area (Å²) < 4.78 is 0. The smallest absolute Gasteiger partial charge is 0.137 e. The molecular formula is C21H34O3. The van der Waals surface area contributed by atoms with Crippen molar-refractivity contribution in [2.24, 2.45) is 40.4 Å². The van der Waals surface area contributed by atoms with Gasteiger partial charge in [-0.15, -0.1) is 0 Å². The highest BCUT2D eigenvalue weighted by Gasteiger charge is 2.63. The van der Waals surface area contributed by atoms with Gasteiger partial charge in [-0.3, -0.25) is 4.79 Å². The molecule has 1 unspecified atom stereocenters. The third-order valence-corrected chi connectivity index (χ3v) is 9.10. The van der Waals surface area contributed by atoms with Crippen LogP contribution in [0.2, 0.25) is 0 Å². The van der Waals surface area contributed by atoms with Crippen molar-refractivity contribution in [2.75, 3.05) is 0 Å². The van der Waals surface area contributed by atoms with Gasteiger partial charge in [0.2, 0.25) is 0 Å². The third-order valence-electron chi connectivity index (χ3n) is 9.10. The van der Waals surface area contributed by atoms with Crippen LogP contribution in [0.4, 0.5) is 0 Å². The Labute approximate surface area is 146 Å². The van der Waals surface area contributed by atoms with Crippen molar-refractivity contribution in [1.29, 1.82) is 0 Å². The predicted octanol–water partition coefficient (Wildman–Crippen LogP) is 3.57. The monoisotopic (exact) mass is 334 g/mol. The Hall–Kier alpha value is -0.410. The number of hydrogen-bond donors (Lipinski definition) is 2. The maximum Gasteiger partial charge on any atom is 0.137 e. The molecule has 0 aromatic rings. The minimum atomic E-state index is -0.296. The molecule has 0 heterocycles. The second-order valence-electron chi connectivity index (χ2n) is 9.85. The summed E-state index contributed by atoms with van der Waals surface area (Å²) >= 11 is 0. The van der Waals surface area contributed by atoms with E-state index in [-0.39, 0.29) is 34.9 Å². The molecule has 0 aliphatic heterocycles. The second-order valence-corrected chi connectivity index (χ2v) is 9.85. The average Bonchev–Trinajstić information content (AvgIpc) is 2.84. The van der Waals surface area contributed by atoms with E-state index in [0.29, 0.717) is 30.0 Å². The quantitative estimate of drug-likeness (QED) is 0.771. The van der Waals surface area contributed by atoms with Gasteiger partial charge in [-0.2, -0.15) is 0 Å². The van der Waals surface area contributed by atoms with Crippen molar-refractivity contribution in [3.8, 4) is 0 Å². The molecule has 0 bridgehead atoms. The molecule has 9 atom stereocenters. The number of carbonyl (C=O) groups is 1. The fraction of sp³-hybridized carbons (Fsp3) is 0.952. The van der Waals surface area contributed by atoms with Gasteiger partial charge >= 0.3 is 0 Å². The maximum absolute atomic E-state index is 13.2. The van der Waals surface area contributed by atoms with Crippen LogP contribution in [0.1, 0.15) is 72.1 Å². The highest BCUT2D eigenvalue weighted by atomic mass is 16.3. The second kappa shape index (κ2) is 5.54. The van der Waals surface area contributed by atoms with Crippen LogP contribution in [-0.4, -0.2) is 28.2 Å². The van der Waals surface area contributed by atoms with Crippen molar-refractivity contribution in [3.63, 3.8) is 0 Å². The van der Waals surface area contributed by atoms with E-state index in [0.717, 1.165) is 44.9 Å². The first kappa shape index (κ1) is 17.0. The number of hydrogen-bond acceptors (Lipinski definition) is 3. The molecule has 0 aromatic carbocycles. The number of aliphatic hydroxyl groups excluding tert-OH is 2. The predicted molar refractivity (Wildman–Crippen MR) is 93.3 cm³/mol. The van der Waals surface area contributed by atoms with Gasteiger partial charge in [0.25, 0.3) is 0 Å². The lowest BCUT2D eigenvalue weighted by molar-refractivity contribution is -0.172. The van der Waals surface area contributed by atoms with Gasteiger partial charge in [-0.05, 0) is 73.0 Å². The van der Waals surface area contributed by atoms with Crippen LogP contribution < -0.4 is 0 Å². The number of ketones is 1. The van der Waals surface area contributed by atoms with Crippen LogP contribution in [0.25, 0.3) is 0 Å². The molecule has 4 fully saturated rings. The molecule has 24 heavy (non-hydrogen) atoms. The van der Waals surface area contributed by atoms with Gasteiger partial charge in [0.05, 0.1) is 12.2 Å².